The molecule has 1 aliphatic heterocycles. The van der Waals surface area contributed by atoms with Crippen molar-refractivity contribution in [1.29, 1.82) is 0 Å². The minimum absolute atomic E-state index is 0.0454. The summed E-state index contributed by atoms with van der Waals surface area (Å²) in [5, 5.41) is 14.9. The lowest BCUT2D eigenvalue weighted by Gasteiger charge is -2.29. The Balaban J connectivity index is 1.84. The fraction of sp³-hybridized carbons (Fsp3) is 0.654. The number of carbonyl (C=O) groups is 3. The monoisotopic (exact) mass is 537 g/mol. The number of nitrogens with one attached hydrogen (secondary N) is 2. The van der Waals surface area contributed by atoms with Gasteiger partial charge in [-0.3, -0.25) is 14.5 Å². The molecule has 1 saturated carbocycles. The van der Waals surface area contributed by atoms with E-state index >= 15 is 0 Å². The highest BCUT2D eigenvalue weighted by atomic mass is 32.2. The van der Waals surface area contributed by atoms with Crippen molar-refractivity contribution >= 4 is 27.7 Å². The van der Waals surface area contributed by atoms with E-state index in [2.05, 4.69) is 10.6 Å². The lowest BCUT2D eigenvalue weighted by molar-refractivity contribution is -0.133. The molecule has 1 aliphatic carbocycles. The number of carbonyl (C=O) groups excluding carboxylic acids is 3. The zero-order valence-corrected chi connectivity index (χ0v) is 23.2. The third kappa shape index (κ3) is 7.01. The molecule has 10 nitrogen and oxygen atoms in total. The number of likely N-dealkylation sites (tertiary alicyclic amines) is 1. The predicted octanol–water partition coefficient (Wildman–Crippen LogP) is 1.99. The molecule has 0 aromatic heterocycles. The van der Waals surface area contributed by atoms with E-state index in [-0.39, 0.29) is 30.3 Å². The van der Waals surface area contributed by atoms with E-state index in [4.69, 9.17) is 4.74 Å². The Kier molecular flexibility index (Phi) is 8.58. The molecule has 2 aliphatic rings. The van der Waals surface area contributed by atoms with Crippen molar-refractivity contribution in [3.8, 4) is 0 Å². The molecule has 4 atom stereocenters. The molecule has 1 heterocycles. The number of rotatable bonds is 8. The Morgan fingerprint density at radius 3 is 2.38 bits per heavy atom. The normalized spacial score (nSPS) is 21.8. The van der Waals surface area contributed by atoms with Gasteiger partial charge in [-0.15, -0.1) is 0 Å². The molecule has 0 unspecified atom stereocenters. The van der Waals surface area contributed by atoms with Crippen molar-refractivity contribution in [2.75, 3.05) is 6.54 Å². The van der Waals surface area contributed by atoms with Gasteiger partial charge in [0.2, 0.25) is 5.91 Å². The third-order valence-corrected chi connectivity index (χ3v) is 8.90. The van der Waals surface area contributed by atoms with Gasteiger partial charge in [0.05, 0.1) is 16.2 Å². The molecule has 11 heteroatoms. The van der Waals surface area contributed by atoms with Crippen molar-refractivity contribution in [2.24, 2.45) is 0 Å². The van der Waals surface area contributed by atoms with E-state index in [1.807, 2.05) is 6.92 Å². The van der Waals surface area contributed by atoms with Crippen LogP contribution in [-0.2, 0) is 24.2 Å². The first-order valence-electron chi connectivity index (χ1n) is 12.7. The molecule has 1 saturated heterocycles. The molecule has 0 radical (unpaired) electrons. The van der Waals surface area contributed by atoms with E-state index in [1.165, 1.54) is 0 Å². The average molecular weight is 538 g/mol. The maximum atomic E-state index is 13.6. The van der Waals surface area contributed by atoms with E-state index in [1.54, 1.807) is 52.8 Å². The van der Waals surface area contributed by atoms with E-state index in [0.29, 0.717) is 5.56 Å². The first-order chi connectivity index (χ1) is 17.1. The molecule has 3 rings (SSSR count). The molecule has 3 N–H and O–H groups in total. The van der Waals surface area contributed by atoms with Crippen LogP contribution in [0.4, 0.5) is 4.79 Å². The summed E-state index contributed by atoms with van der Waals surface area (Å²) in [7, 11) is -3.88. The zero-order chi connectivity index (χ0) is 27.7. The van der Waals surface area contributed by atoms with Gasteiger partial charge in [0.15, 0.2) is 15.9 Å². The molecule has 0 bridgehead atoms. The summed E-state index contributed by atoms with van der Waals surface area (Å²) in [6.45, 7) is 10.1. The van der Waals surface area contributed by atoms with Crippen molar-refractivity contribution in [3.05, 3.63) is 29.3 Å². The SMILES string of the molecule is CC[C@H](NC(=O)[C@@H]1C[C@@H](S(=O)(=O)c2ccc(C)cc2C)CN1C(=O)OC(C)(C)C)[C@H](O)C(=O)NC1CC1. The molecule has 1 aromatic rings. The highest BCUT2D eigenvalue weighted by molar-refractivity contribution is 7.92. The van der Waals surface area contributed by atoms with Crippen LogP contribution in [0.1, 0.15) is 64.5 Å². The first-order valence-corrected chi connectivity index (χ1v) is 14.3. The fourth-order valence-corrected chi connectivity index (χ4v) is 6.39. The van der Waals surface area contributed by atoms with Crippen LogP contribution in [0.2, 0.25) is 0 Å². The number of nitrogens with zero attached hydrogens (tertiary/aromatic N) is 1. The first kappa shape index (κ1) is 28.9. The maximum absolute atomic E-state index is 13.6. The number of aryl methyl sites for hydroxylation is 2. The summed E-state index contributed by atoms with van der Waals surface area (Å²) in [5.74, 6) is -1.21. The Morgan fingerprint density at radius 2 is 1.84 bits per heavy atom. The van der Waals surface area contributed by atoms with Crippen LogP contribution >= 0.6 is 0 Å². The second-order valence-corrected chi connectivity index (χ2v) is 13.3. The largest absolute Gasteiger partial charge is 0.444 e. The van der Waals surface area contributed by atoms with Crippen LogP contribution in [0.15, 0.2) is 23.1 Å². The Bertz CT molecular complexity index is 1140. The maximum Gasteiger partial charge on any atom is 0.411 e. The van der Waals surface area contributed by atoms with Crippen molar-refractivity contribution in [1.82, 2.24) is 15.5 Å². The fourth-order valence-electron chi connectivity index (χ4n) is 4.47. The van der Waals surface area contributed by atoms with Gasteiger partial charge in [-0.25, -0.2) is 13.2 Å². The highest BCUT2D eigenvalue weighted by Gasteiger charge is 2.47. The van der Waals surface area contributed by atoms with Gasteiger partial charge < -0.3 is 20.5 Å². The van der Waals surface area contributed by atoms with Crippen LogP contribution in [0.25, 0.3) is 0 Å². The van der Waals surface area contributed by atoms with Crippen LogP contribution in [0.5, 0.6) is 0 Å². The highest BCUT2D eigenvalue weighted by Crippen LogP contribution is 2.31. The van der Waals surface area contributed by atoms with Gasteiger partial charge in [-0.2, -0.15) is 0 Å². The average Bonchev–Trinajstić information content (AvgIpc) is 3.47. The molecular formula is C26H39N3O7S. The number of amides is 3. The number of aliphatic hydroxyl groups excluding tert-OH is 1. The van der Waals surface area contributed by atoms with Gasteiger partial charge in [0.1, 0.15) is 11.6 Å². The van der Waals surface area contributed by atoms with Gasteiger partial charge in [-0.05, 0) is 71.9 Å². The summed E-state index contributed by atoms with van der Waals surface area (Å²) in [6.07, 6.45) is -0.446. The zero-order valence-electron chi connectivity index (χ0n) is 22.4. The molecule has 37 heavy (non-hydrogen) atoms. The number of hydrogen-bond acceptors (Lipinski definition) is 7. The summed E-state index contributed by atoms with van der Waals surface area (Å²) < 4.78 is 32.6. The standard InChI is InChI=1S/C26H39N3O7S/c1-7-19(22(30)24(32)27-17-9-10-17)28-23(31)20-13-18(14-29(20)25(33)36-26(4,5)6)37(34,35)21-11-8-15(2)12-16(21)3/h8,11-12,17-20,22,30H,7,9-10,13-14H2,1-6H3,(H,27,32)(H,28,31)/t18-,19+,20+,22+/m1/s1. The number of hydrogen-bond donors (Lipinski definition) is 3. The van der Waals surface area contributed by atoms with E-state index in [9.17, 15) is 27.9 Å². The van der Waals surface area contributed by atoms with Crippen molar-refractivity contribution in [3.63, 3.8) is 0 Å². The summed E-state index contributed by atoms with van der Waals surface area (Å²) in [6, 6.07) is 3.04. The second kappa shape index (κ2) is 11.0. The van der Waals surface area contributed by atoms with Crippen molar-refractivity contribution in [2.45, 2.75) is 107 Å². The van der Waals surface area contributed by atoms with E-state index < -0.39 is 56.8 Å². The van der Waals surface area contributed by atoms with Crippen LogP contribution < -0.4 is 10.6 Å². The summed E-state index contributed by atoms with van der Waals surface area (Å²) in [4.78, 5) is 40.1. The molecule has 0 spiro atoms. The number of ether oxygens (including phenoxy) is 1. The van der Waals surface area contributed by atoms with Crippen molar-refractivity contribution < 1.29 is 32.6 Å². The van der Waals surface area contributed by atoms with Crippen LogP contribution in [0.3, 0.4) is 0 Å². The molecule has 206 valence electrons. The minimum atomic E-state index is -3.88. The van der Waals surface area contributed by atoms with Gasteiger partial charge in [0, 0.05) is 12.6 Å². The molecule has 3 amide bonds. The lowest BCUT2D eigenvalue weighted by Crippen LogP contribution is -2.55. The summed E-state index contributed by atoms with van der Waals surface area (Å²) >= 11 is 0. The molecule has 1 aromatic carbocycles. The van der Waals surface area contributed by atoms with Gasteiger partial charge in [0.25, 0.3) is 5.91 Å². The quantitative estimate of drug-likeness (QED) is 0.460. The Morgan fingerprint density at radius 1 is 1.19 bits per heavy atom. The number of aliphatic hydroxyl groups is 1. The third-order valence-electron chi connectivity index (χ3n) is 6.61. The molecule has 2 fully saturated rings. The van der Waals surface area contributed by atoms with E-state index in [0.717, 1.165) is 23.3 Å². The van der Waals surface area contributed by atoms with Crippen LogP contribution in [0, 0.1) is 13.8 Å². The number of benzene rings is 1. The topological polar surface area (TPSA) is 142 Å². The minimum Gasteiger partial charge on any atom is -0.444 e. The van der Waals surface area contributed by atoms with Crippen LogP contribution in [-0.4, -0.2) is 78.0 Å². The van der Waals surface area contributed by atoms with Gasteiger partial charge >= 0.3 is 6.09 Å². The van der Waals surface area contributed by atoms with Gasteiger partial charge in [-0.1, -0.05) is 24.6 Å². The second-order valence-electron chi connectivity index (χ2n) is 11.1. The summed E-state index contributed by atoms with van der Waals surface area (Å²) in [5.41, 5.74) is 0.657. The predicted molar refractivity (Wildman–Crippen MR) is 138 cm³/mol. The Hall–Kier alpha value is -2.66. The lowest BCUT2D eigenvalue weighted by atomic mass is 10.1. The smallest absolute Gasteiger partial charge is 0.411 e. The molecular weight excluding hydrogens is 498 g/mol. The Labute approximate surface area is 219 Å². The number of sulfone groups is 1.